The van der Waals surface area contributed by atoms with E-state index in [-0.39, 0.29) is 65.1 Å². The lowest BCUT2D eigenvalue weighted by Crippen LogP contribution is -2.64. The predicted molar refractivity (Wildman–Crippen MR) is 195 cm³/mol. The molecule has 15 heteroatoms. The zero-order chi connectivity index (χ0) is 36.3. The van der Waals surface area contributed by atoms with Gasteiger partial charge in [0.15, 0.2) is 19.3 Å². The summed E-state index contributed by atoms with van der Waals surface area (Å²) in [5.41, 5.74) is 0.322. The number of rotatable bonds is 9. The van der Waals surface area contributed by atoms with E-state index < -0.39 is 37.0 Å². The molecule has 10 nitrogen and oxygen atoms in total. The molecular weight excluding hydrogens is 717 g/mol. The van der Waals surface area contributed by atoms with E-state index in [0.29, 0.717) is 31.7 Å². The molecular formula is C36H46Cl2F2N6O4Si. The lowest BCUT2D eigenvalue weighted by atomic mass is 9.95. The van der Waals surface area contributed by atoms with E-state index in [2.05, 4.69) is 53.6 Å². The number of fused-ring (bicyclic) bond motifs is 4. The van der Waals surface area contributed by atoms with Gasteiger partial charge in [-0.25, -0.2) is 18.6 Å². The molecule has 7 rings (SSSR count). The number of aromatic nitrogens is 3. The van der Waals surface area contributed by atoms with Gasteiger partial charge in [-0.05, 0) is 55.9 Å². The summed E-state index contributed by atoms with van der Waals surface area (Å²) in [5.74, 6) is -0.508. The quantitative estimate of drug-likeness (QED) is 0.160. The summed E-state index contributed by atoms with van der Waals surface area (Å²) < 4.78 is 49.4. The van der Waals surface area contributed by atoms with Crippen LogP contribution in [0.2, 0.25) is 28.4 Å². The SMILES string of the molecule is CC(C)(C)[Si](C)(C)OC[C@H]1[C@H]2CC[C@@H](CN1c1nc(OC[C@@]34CCCN3C[C@H](F)C4)nc3c(F)c(Cl)nc(Cl)c13)N2C(=O)OCc1ccccc1. The topological polar surface area (TPSA) is 93.2 Å². The van der Waals surface area contributed by atoms with E-state index in [0.717, 1.165) is 31.4 Å². The van der Waals surface area contributed by atoms with Gasteiger partial charge in [0.1, 0.15) is 35.9 Å². The minimum absolute atomic E-state index is 0.0457. The van der Waals surface area contributed by atoms with Gasteiger partial charge in [-0.1, -0.05) is 74.3 Å². The summed E-state index contributed by atoms with van der Waals surface area (Å²) >= 11 is 12.9. The highest BCUT2D eigenvalue weighted by molar-refractivity contribution is 6.74. The number of alkyl halides is 1. The molecule has 0 spiro atoms. The fourth-order valence-corrected chi connectivity index (χ4v) is 9.56. The summed E-state index contributed by atoms with van der Waals surface area (Å²) in [6.07, 6.45) is 2.23. The Balaban J connectivity index is 1.26. The smallest absolute Gasteiger partial charge is 0.410 e. The third-order valence-electron chi connectivity index (χ3n) is 11.8. The molecule has 0 saturated carbocycles. The van der Waals surface area contributed by atoms with E-state index in [1.165, 1.54) is 0 Å². The van der Waals surface area contributed by atoms with Crippen LogP contribution in [-0.4, -0.2) is 102 Å². The van der Waals surface area contributed by atoms with E-state index >= 15 is 4.39 Å². The van der Waals surface area contributed by atoms with Crippen LogP contribution in [0, 0.1) is 5.82 Å². The first-order chi connectivity index (χ1) is 24.2. The van der Waals surface area contributed by atoms with Crippen molar-refractivity contribution in [2.75, 3.05) is 37.7 Å². The van der Waals surface area contributed by atoms with Crippen molar-refractivity contribution in [2.24, 2.45) is 0 Å². The fourth-order valence-electron chi connectivity index (χ4n) is 8.06. The Morgan fingerprint density at radius 2 is 1.84 bits per heavy atom. The third kappa shape index (κ3) is 6.89. The van der Waals surface area contributed by atoms with E-state index in [1.807, 2.05) is 35.2 Å². The minimum atomic E-state index is -2.27. The Morgan fingerprint density at radius 3 is 2.59 bits per heavy atom. The summed E-state index contributed by atoms with van der Waals surface area (Å²) in [5, 5.41) is -0.325. The maximum absolute atomic E-state index is 15.8. The number of piperazine rings is 1. The highest BCUT2D eigenvalue weighted by atomic mass is 35.5. The van der Waals surface area contributed by atoms with Crippen molar-refractivity contribution in [1.29, 1.82) is 0 Å². The van der Waals surface area contributed by atoms with Crippen LogP contribution in [0.1, 0.15) is 58.4 Å². The van der Waals surface area contributed by atoms with Gasteiger partial charge in [0.05, 0.1) is 35.7 Å². The Bertz CT molecular complexity index is 1790. The van der Waals surface area contributed by atoms with Crippen molar-refractivity contribution in [3.8, 4) is 6.01 Å². The van der Waals surface area contributed by atoms with Crippen LogP contribution in [0.5, 0.6) is 6.01 Å². The Labute approximate surface area is 308 Å². The predicted octanol–water partition coefficient (Wildman–Crippen LogP) is 7.81. The lowest BCUT2D eigenvalue weighted by molar-refractivity contribution is 0.0569. The zero-order valence-corrected chi connectivity index (χ0v) is 32.3. The van der Waals surface area contributed by atoms with Gasteiger partial charge in [0, 0.05) is 19.5 Å². The van der Waals surface area contributed by atoms with E-state index in [4.69, 9.17) is 42.1 Å². The summed E-state index contributed by atoms with van der Waals surface area (Å²) in [4.78, 5) is 33.3. The first-order valence-electron chi connectivity index (χ1n) is 17.8. The number of carbonyl (C=O) groups excluding carboxylic acids is 1. The molecule has 0 unspecified atom stereocenters. The van der Waals surface area contributed by atoms with Crippen LogP contribution >= 0.6 is 23.2 Å². The molecule has 4 aliphatic rings. The monoisotopic (exact) mass is 762 g/mol. The number of halogens is 4. The van der Waals surface area contributed by atoms with Crippen molar-refractivity contribution in [2.45, 2.75) is 107 Å². The fraction of sp³-hybridized carbons (Fsp3) is 0.611. The maximum Gasteiger partial charge on any atom is 0.410 e. The number of amides is 1. The molecule has 0 aliphatic carbocycles. The number of ether oxygens (including phenoxy) is 2. The lowest BCUT2D eigenvalue weighted by Gasteiger charge is -2.48. The molecule has 2 aromatic heterocycles. The van der Waals surface area contributed by atoms with Crippen LogP contribution < -0.4 is 9.64 Å². The molecule has 4 aliphatic heterocycles. The molecule has 6 heterocycles. The molecule has 4 saturated heterocycles. The van der Waals surface area contributed by atoms with Gasteiger partial charge >= 0.3 is 12.1 Å². The number of pyridine rings is 1. The first kappa shape index (κ1) is 36.5. The average molecular weight is 764 g/mol. The molecule has 276 valence electrons. The molecule has 51 heavy (non-hydrogen) atoms. The van der Waals surface area contributed by atoms with Crippen molar-refractivity contribution in [1.82, 2.24) is 24.8 Å². The van der Waals surface area contributed by atoms with Crippen LogP contribution in [0.3, 0.4) is 0 Å². The number of benzene rings is 1. The van der Waals surface area contributed by atoms with Crippen molar-refractivity contribution >= 4 is 54.3 Å². The van der Waals surface area contributed by atoms with Crippen LogP contribution in [0.4, 0.5) is 19.4 Å². The van der Waals surface area contributed by atoms with Gasteiger partial charge < -0.3 is 18.8 Å². The highest BCUT2D eigenvalue weighted by Crippen LogP contribution is 2.44. The van der Waals surface area contributed by atoms with Gasteiger partial charge in [-0.2, -0.15) is 9.97 Å². The molecule has 5 atom stereocenters. The second kappa shape index (κ2) is 13.9. The molecule has 0 radical (unpaired) electrons. The number of hydrogen-bond acceptors (Lipinski definition) is 9. The molecule has 1 amide bonds. The molecule has 0 N–H and O–H groups in total. The largest absolute Gasteiger partial charge is 0.461 e. The maximum atomic E-state index is 15.8. The third-order valence-corrected chi connectivity index (χ3v) is 16.8. The Kier molecular flexibility index (Phi) is 9.92. The molecule has 1 aromatic carbocycles. The van der Waals surface area contributed by atoms with Gasteiger partial charge in [-0.15, -0.1) is 0 Å². The van der Waals surface area contributed by atoms with Gasteiger partial charge in [0.2, 0.25) is 0 Å². The van der Waals surface area contributed by atoms with Crippen molar-refractivity contribution in [3.63, 3.8) is 0 Å². The zero-order valence-electron chi connectivity index (χ0n) is 29.8. The number of nitrogens with zero attached hydrogens (tertiary/aromatic N) is 6. The van der Waals surface area contributed by atoms with Crippen molar-refractivity contribution < 1.29 is 27.5 Å². The second-order valence-electron chi connectivity index (χ2n) is 16.0. The summed E-state index contributed by atoms with van der Waals surface area (Å²) in [6.45, 7) is 13.0. The minimum Gasteiger partial charge on any atom is -0.461 e. The van der Waals surface area contributed by atoms with Crippen LogP contribution in [0.15, 0.2) is 30.3 Å². The van der Waals surface area contributed by atoms with E-state index in [1.54, 1.807) is 0 Å². The number of anilines is 1. The van der Waals surface area contributed by atoms with Crippen molar-refractivity contribution in [3.05, 3.63) is 52.0 Å². The summed E-state index contributed by atoms with van der Waals surface area (Å²) in [7, 11) is -2.27. The molecule has 4 fully saturated rings. The summed E-state index contributed by atoms with van der Waals surface area (Å²) in [6, 6.07) is 8.63. The second-order valence-corrected chi connectivity index (χ2v) is 21.5. The van der Waals surface area contributed by atoms with Crippen LogP contribution in [0.25, 0.3) is 10.9 Å². The number of hydrogen-bond donors (Lipinski definition) is 0. The normalized spacial score (nSPS) is 26.6. The van der Waals surface area contributed by atoms with Gasteiger partial charge in [0.25, 0.3) is 0 Å². The highest BCUT2D eigenvalue weighted by Gasteiger charge is 2.52. The average Bonchev–Trinajstić information content (AvgIpc) is 3.72. The Hall–Kier alpha value is -2.84. The standard InChI is InChI=1S/C36H46Cl2F2N6O4Si/c1-35(2,3)51(4,5)50-20-26-25-13-12-24(46(25)34(47)48-19-22-10-7-6-8-11-22)18-45(26)32-27-29(28(40)31(38)42-30(27)37)41-33(43-32)49-21-36-14-9-15-44(36)17-23(39)16-36/h6-8,10-11,23-26H,9,12-21H2,1-5H3/t23-,24+,25-,26+,36+/m1/s1. The van der Waals surface area contributed by atoms with Gasteiger partial charge in [-0.3, -0.25) is 9.80 Å². The first-order valence-corrected chi connectivity index (χ1v) is 21.5. The Morgan fingerprint density at radius 1 is 1.08 bits per heavy atom. The molecule has 3 aromatic rings. The van der Waals surface area contributed by atoms with E-state index in [9.17, 15) is 9.18 Å². The molecule has 2 bridgehead atoms. The number of carbonyl (C=O) groups is 1. The van der Waals surface area contributed by atoms with Crippen LogP contribution in [-0.2, 0) is 15.8 Å².